The van der Waals surface area contributed by atoms with Gasteiger partial charge in [-0.3, -0.25) is 4.79 Å². The van der Waals surface area contributed by atoms with Gasteiger partial charge in [0.2, 0.25) is 5.91 Å². The van der Waals surface area contributed by atoms with Crippen LogP contribution in [0.25, 0.3) is 0 Å². The maximum absolute atomic E-state index is 13.2. The molecular weight excluding hydrogens is 323 g/mol. The number of amides is 1. The molecule has 2 N–H and O–H groups in total. The number of halogens is 1. The van der Waals surface area contributed by atoms with Gasteiger partial charge in [0.15, 0.2) is 0 Å². The lowest BCUT2D eigenvalue weighted by atomic mass is 10.1. The maximum Gasteiger partial charge on any atom is 0.240 e. The molecule has 2 aromatic carbocycles. The highest BCUT2D eigenvalue weighted by molar-refractivity contribution is 7.10. The van der Waals surface area contributed by atoms with Gasteiger partial charge in [-0.15, -0.1) is 11.3 Å². The lowest BCUT2D eigenvalue weighted by Crippen LogP contribution is -2.33. The first kappa shape index (κ1) is 16.2. The standard InChI is InChI=1S/C19H17FN2OS/c20-15-8-4-9-16(12-15)21-13-18(23)22-19(17-10-5-11-24-17)14-6-2-1-3-7-14/h1-12,19,21H,13H2,(H,22,23)/t19-/m1/s1. The van der Waals surface area contributed by atoms with E-state index < -0.39 is 0 Å². The molecule has 0 spiro atoms. The highest BCUT2D eigenvalue weighted by Crippen LogP contribution is 2.25. The third-order valence-electron chi connectivity index (χ3n) is 3.54. The SMILES string of the molecule is O=C(CNc1cccc(F)c1)N[C@H](c1ccccc1)c1cccs1. The molecule has 3 rings (SSSR count). The summed E-state index contributed by atoms with van der Waals surface area (Å²) in [5.74, 6) is -0.484. The Bertz CT molecular complexity index is 790. The van der Waals surface area contributed by atoms with Crippen molar-refractivity contribution in [3.05, 3.63) is 88.4 Å². The number of benzene rings is 2. The fourth-order valence-corrected chi connectivity index (χ4v) is 3.22. The van der Waals surface area contributed by atoms with E-state index in [0.29, 0.717) is 5.69 Å². The van der Waals surface area contributed by atoms with Crippen molar-refractivity contribution in [1.82, 2.24) is 5.32 Å². The second-order valence-corrected chi connectivity index (χ2v) is 6.27. The molecule has 0 unspecified atom stereocenters. The quantitative estimate of drug-likeness (QED) is 0.706. The van der Waals surface area contributed by atoms with Crippen molar-refractivity contribution in [2.45, 2.75) is 6.04 Å². The molecule has 0 aliphatic heterocycles. The number of hydrogen-bond acceptors (Lipinski definition) is 3. The van der Waals surface area contributed by atoms with E-state index in [4.69, 9.17) is 0 Å². The Morgan fingerprint density at radius 2 is 1.88 bits per heavy atom. The fraction of sp³-hybridized carbons (Fsp3) is 0.105. The van der Waals surface area contributed by atoms with Crippen molar-refractivity contribution in [1.29, 1.82) is 0 Å². The van der Waals surface area contributed by atoms with Gasteiger partial charge >= 0.3 is 0 Å². The molecule has 0 saturated carbocycles. The molecule has 3 aromatic rings. The number of anilines is 1. The smallest absolute Gasteiger partial charge is 0.240 e. The van der Waals surface area contributed by atoms with Crippen LogP contribution in [0.4, 0.5) is 10.1 Å². The Balaban J connectivity index is 1.68. The Morgan fingerprint density at radius 3 is 2.58 bits per heavy atom. The van der Waals surface area contributed by atoms with E-state index in [2.05, 4.69) is 10.6 Å². The summed E-state index contributed by atoms with van der Waals surface area (Å²) in [5.41, 5.74) is 1.61. The predicted molar refractivity (Wildman–Crippen MR) is 95.6 cm³/mol. The summed E-state index contributed by atoms with van der Waals surface area (Å²) < 4.78 is 13.2. The van der Waals surface area contributed by atoms with Gasteiger partial charge < -0.3 is 10.6 Å². The van der Waals surface area contributed by atoms with E-state index >= 15 is 0 Å². The lowest BCUT2D eigenvalue weighted by molar-refractivity contribution is -0.119. The topological polar surface area (TPSA) is 41.1 Å². The van der Waals surface area contributed by atoms with E-state index in [1.54, 1.807) is 23.5 Å². The minimum Gasteiger partial charge on any atom is -0.376 e. The molecule has 5 heteroatoms. The summed E-state index contributed by atoms with van der Waals surface area (Å²) in [6.45, 7) is 0.0815. The fourth-order valence-electron chi connectivity index (χ4n) is 2.41. The molecule has 1 amide bonds. The molecule has 122 valence electrons. The van der Waals surface area contributed by atoms with Gasteiger partial charge in [0.05, 0.1) is 12.6 Å². The van der Waals surface area contributed by atoms with Crippen LogP contribution in [0, 0.1) is 5.82 Å². The Labute approximate surface area is 144 Å². The second-order valence-electron chi connectivity index (χ2n) is 5.29. The molecular formula is C19H17FN2OS. The van der Waals surface area contributed by atoms with Crippen LogP contribution >= 0.6 is 11.3 Å². The zero-order valence-corrected chi connectivity index (χ0v) is 13.7. The molecule has 0 aliphatic carbocycles. The summed E-state index contributed by atoms with van der Waals surface area (Å²) in [4.78, 5) is 13.4. The Kier molecular flexibility index (Phi) is 5.23. The highest BCUT2D eigenvalue weighted by atomic mass is 32.1. The van der Waals surface area contributed by atoms with Crippen LogP contribution < -0.4 is 10.6 Å². The van der Waals surface area contributed by atoms with E-state index in [-0.39, 0.29) is 24.3 Å². The highest BCUT2D eigenvalue weighted by Gasteiger charge is 2.17. The summed E-state index contributed by atoms with van der Waals surface area (Å²) >= 11 is 1.60. The molecule has 1 heterocycles. The minimum atomic E-state index is -0.332. The first-order valence-corrected chi connectivity index (χ1v) is 8.47. The van der Waals surface area contributed by atoms with Crippen molar-refractivity contribution in [2.24, 2.45) is 0 Å². The third kappa shape index (κ3) is 4.20. The van der Waals surface area contributed by atoms with E-state index in [0.717, 1.165) is 10.4 Å². The number of carbonyl (C=O) groups is 1. The molecule has 0 radical (unpaired) electrons. The summed E-state index contributed by atoms with van der Waals surface area (Å²) in [6, 6.07) is 19.7. The first-order chi connectivity index (χ1) is 11.7. The second kappa shape index (κ2) is 7.75. The zero-order chi connectivity index (χ0) is 16.8. The number of rotatable bonds is 6. The largest absolute Gasteiger partial charge is 0.376 e. The normalized spacial score (nSPS) is 11.7. The zero-order valence-electron chi connectivity index (χ0n) is 12.9. The van der Waals surface area contributed by atoms with Gasteiger partial charge in [0.25, 0.3) is 0 Å². The predicted octanol–water partition coefficient (Wildman–Crippen LogP) is 4.20. The average Bonchev–Trinajstić information content (AvgIpc) is 3.13. The van der Waals surface area contributed by atoms with Crippen LogP contribution in [0.2, 0.25) is 0 Å². The summed E-state index contributed by atoms with van der Waals surface area (Å²) in [5, 5.41) is 7.96. The van der Waals surface area contributed by atoms with Crippen LogP contribution in [0.5, 0.6) is 0 Å². The molecule has 0 aliphatic rings. The van der Waals surface area contributed by atoms with E-state index in [1.165, 1.54) is 12.1 Å². The minimum absolute atomic E-state index is 0.0815. The molecule has 1 aromatic heterocycles. The number of nitrogens with one attached hydrogen (secondary N) is 2. The first-order valence-electron chi connectivity index (χ1n) is 7.59. The van der Waals surface area contributed by atoms with Crippen LogP contribution in [-0.4, -0.2) is 12.5 Å². The molecule has 24 heavy (non-hydrogen) atoms. The van der Waals surface area contributed by atoms with Gasteiger partial charge in [-0.25, -0.2) is 4.39 Å². The monoisotopic (exact) mass is 340 g/mol. The Morgan fingerprint density at radius 1 is 1.04 bits per heavy atom. The third-order valence-corrected chi connectivity index (χ3v) is 4.48. The van der Waals surface area contributed by atoms with Crippen molar-refractivity contribution in [2.75, 3.05) is 11.9 Å². The van der Waals surface area contributed by atoms with Crippen molar-refractivity contribution in [3.8, 4) is 0 Å². The lowest BCUT2D eigenvalue weighted by Gasteiger charge is -2.18. The molecule has 0 saturated heterocycles. The van der Waals surface area contributed by atoms with Gasteiger partial charge in [-0.2, -0.15) is 0 Å². The van der Waals surface area contributed by atoms with E-state index in [1.807, 2.05) is 47.8 Å². The van der Waals surface area contributed by atoms with Crippen LogP contribution in [0.3, 0.4) is 0 Å². The van der Waals surface area contributed by atoms with Gasteiger partial charge in [-0.1, -0.05) is 42.5 Å². The van der Waals surface area contributed by atoms with Crippen LogP contribution in [-0.2, 0) is 4.79 Å². The van der Waals surface area contributed by atoms with Crippen molar-refractivity contribution >= 4 is 22.9 Å². The summed E-state index contributed by atoms with van der Waals surface area (Å²) in [7, 11) is 0. The Hall–Kier alpha value is -2.66. The average molecular weight is 340 g/mol. The molecule has 0 fully saturated rings. The van der Waals surface area contributed by atoms with E-state index in [9.17, 15) is 9.18 Å². The van der Waals surface area contributed by atoms with Crippen LogP contribution in [0.15, 0.2) is 72.1 Å². The number of hydrogen-bond donors (Lipinski definition) is 2. The van der Waals surface area contributed by atoms with Crippen molar-refractivity contribution in [3.63, 3.8) is 0 Å². The number of thiophene rings is 1. The molecule has 3 nitrogen and oxygen atoms in total. The maximum atomic E-state index is 13.2. The van der Waals surface area contributed by atoms with Gasteiger partial charge in [-0.05, 0) is 35.2 Å². The van der Waals surface area contributed by atoms with Crippen LogP contribution in [0.1, 0.15) is 16.5 Å². The number of carbonyl (C=O) groups excluding carboxylic acids is 1. The van der Waals surface area contributed by atoms with Gasteiger partial charge in [0, 0.05) is 10.6 Å². The summed E-state index contributed by atoms with van der Waals surface area (Å²) in [6.07, 6.45) is 0. The van der Waals surface area contributed by atoms with Crippen molar-refractivity contribution < 1.29 is 9.18 Å². The van der Waals surface area contributed by atoms with Gasteiger partial charge in [0.1, 0.15) is 5.82 Å². The molecule has 1 atom stereocenters. The molecule has 0 bridgehead atoms.